The summed E-state index contributed by atoms with van der Waals surface area (Å²) in [6.07, 6.45) is 5.87. The molecule has 0 saturated carbocycles. The zero-order valence-corrected chi connectivity index (χ0v) is 33.3. The van der Waals surface area contributed by atoms with Gasteiger partial charge in [-0.1, -0.05) is 189 Å². The lowest BCUT2D eigenvalue weighted by atomic mass is 9.99. The number of benzene rings is 9. The SMILES string of the molecule is C=C/C=C\c1c(C)ccc2c1oc1cc(N(c3ccc([Si](c4ccccc4)(c4ccccc4)c4ccccc4)cc3)c3cc4ccccc4c4ccccc34)ccc12. The minimum atomic E-state index is -2.72. The Labute approximate surface area is 340 Å². The van der Waals surface area contributed by atoms with E-state index in [-0.39, 0.29) is 0 Å². The van der Waals surface area contributed by atoms with Crippen LogP contribution in [-0.2, 0) is 0 Å². The second-order valence-corrected chi connectivity index (χ2v) is 18.8. The minimum Gasteiger partial charge on any atom is -0.455 e. The van der Waals surface area contributed by atoms with E-state index in [4.69, 9.17) is 4.42 Å². The van der Waals surface area contributed by atoms with Gasteiger partial charge < -0.3 is 9.32 Å². The van der Waals surface area contributed by atoms with E-state index in [1.165, 1.54) is 42.3 Å². The smallest absolute Gasteiger partial charge is 0.179 e. The number of fused-ring (bicyclic) bond motifs is 6. The lowest BCUT2D eigenvalue weighted by Crippen LogP contribution is -2.74. The molecule has 9 aromatic carbocycles. The maximum atomic E-state index is 6.79. The number of hydrogen-bond acceptors (Lipinski definition) is 2. The van der Waals surface area contributed by atoms with Gasteiger partial charge in [-0.05, 0) is 79.7 Å². The summed E-state index contributed by atoms with van der Waals surface area (Å²) in [5, 5.41) is 12.4. The molecule has 1 heterocycles. The van der Waals surface area contributed by atoms with Gasteiger partial charge in [-0.25, -0.2) is 0 Å². The summed E-state index contributed by atoms with van der Waals surface area (Å²) in [7, 11) is -2.72. The van der Waals surface area contributed by atoms with Crippen molar-refractivity contribution in [1.82, 2.24) is 0 Å². The van der Waals surface area contributed by atoms with Gasteiger partial charge in [-0.3, -0.25) is 0 Å². The van der Waals surface area contributed by atoms with Crippen LogP contribution in [0.2, 0.25) is 0 Å². The first kappa shape index (κ1) is 35.2. The van der Waals surface area contributed by atoms with Crippen LogP contribution in [0.25, 0.3) is 49.6 Å². The van der Waals surface area contributed by atoms with Crippen molar-refractivity contribution < 1.29 is 4.42 Å². The first-order chi connectivity index (χ1) is 28.6. The fourth-order valence-electron chi connectivity index (χ4n) is 9.03. The monoisotopic (exact) mass is 759 g/mol. The summed E-state index contributed by atoms with van der Waals surface area (Å²) in [5.41, 5.74) is 7.18. The topological polar surface area (TPSA) is 16.4 Å². The average Bonchev–Trinajstić information content (AvgIpc) is 3.66. The van der Waals surface area contributed by atoms with Crippen molar-refractivity contribution in [2.75, 3.05) is 4.90 Å². The van der Waals surface area contributed by atoms with Gasteiger partial charge in [-0.2, -0.15) is 0 Å². The van der Waals surface area contributed by atoms with Crippen molar-refractivity contribution in [1.29, 1.82) is 0 Å². The number of allylic oxidation sites excluding steroid dienone is 2. The van der Waals surface area contributed by atoms with E-state index in [0.717, 1.165) is 50.1 Å². The molecular formula is C55H41NOSi. The van der Waals surface area contributed by atoms with Gasteiger partial charge in [0.2, 0.25) is 0 Å². The van der Waals surface area contributed by atoms with Crippen LogP contribution in [0.3, 0.4) is 0 Å². The lowest BCUT2D eigenvalue weighted by Gasteiger charge is -2.35. The van der Waals surface area contributed by atoms with Crippen molar-refractivity contribution in [3.63, 3.8) is 0 Å². The molecule has 0 aliphatic heterocycles. The van der Waals surface area contributed by atoms with Crippen molar-refractivity contribution >= 4 is 95.4 Å². The van der Waals surface area contributed by atoms with E-state index in [0.29, 0.717) is 0 Å². The van der Waals surface area contributed by atoms with Gasteiger partial charge in [0.1, 0.15) is 11.2 Å². The Balaban J connectivity index is 1.22. The molecule has 0 fully saturated rings. The third-order valence-electron chi connectivity index (χ3n) is 11.7. The standard InChI is InChI=1S/C55H41NOSi/c1-3-4-25-47-39(2)29-35-52-51-36-32-42(38-54(51)57-55(47)52)56(53-37-40-18-14-15-26-48(40)49-27-16-17-28-50(49)53)41-30-33-46(34-31-41)58(43-19-8-5-9-20-43,44-21-10-6-11-22-44)45-23-12-7-13-24-45/h3-38H,1H2,2H3/b25-4-. The quantitative estimate of drug-likeness (QED) is 0.0631. The molecule has 0 bridgehead atoms. The number of aryl methyl sites for hydroxylation is 1. The van der Waals surface area contributed by atoms with Crippen LogP contribution < -0.4 is 25.6 Å². The molecule has 2 nitrogen and oxygen atoms in total. The summed E-state index contributed by atoms with van der Waals surface area (Å²) in [6, 6.07) is 73.5. The second kappa shape index (κ2) is 14.7. The molecule has 0 amide bonds. The van der Waals surface area contributed by atoms with E-state index in [9.17, 15) is 0 Å². The van der Waals surface area contributed by atoms with E-state index in [2.05, 4.69) is 225 Å². The average molecular weight is 760 g/mol. The van der Waals surface area contributed by atoms with Crippen LogP contribution in [0.4, 0.5) is 17.1 Å². The molecule has 0 atom stereocenters. The van der Waals surface area contributed by atoms with Gasteiger partial charge in [-0.15, -0.1) is 0 Å². The van der Waals surface area contributed by atoms with Crippen molar-refractivity contribution in [3.05, 3.63) is 230 Å². The third-order valence-corrected chi connectivity index (χ3v) is 16.5. The Morgan fingerprint density at radius 2 is 1.02 bits per heavy atom. The zero-order valence-electron chi connectivity index (χ0n) is 32.3. The van der Waals surface area contributed by atoms with Gasteiger partial charge in [0.05, 0.1) is 5.69 Å². The Morgan fingerprint density at radius 3 is 1.66 bits per heavy atom. The Hall–Kier alpha value is -7.20. The van der Waals surface area contributed by atoms with Gasteiger partial charge in [0.25, 0.3) is 0 Å². The number of hydrogen-bond donors (Lipinski definition) is 0. The molecule has 1 aromatic heterocycles. The highest BCUT2D eigenvalue weighted by molar-refractivity contribution is 7.19. The molecule has 0 aliphatic rings. The number of anilines is 3. The molecule has 10 rings (SSSR count). The third kappa shape index (κ3) is 5.79. The van der Waals surface area contributed by atoms with E-state index < -0.39 is 8.07 Å². The predicted octanol–water partition coefficient (Wildman–Crippen LogP) is 12.2. The molecule has 58 heavy (non-hydrogen) atoms. The minimum absolute atomic E-state index is 0.849. The summed E-state index contributed by atoms with van der Waals surface area (Å²) in [4.78, 5) is 2.41. The van der Waals surface area contributed by atoms with Crippen LogP contribution in [0.5, 0.6) is 0 Å². The normalized spacial score (nSPS) is 11.9. The van der Waals surface area contributed by atoms with Crippen LogP contribution in [0.15, 0.2) is 223 Å². The molecule has 3 heteroatoms. The van der Waals surface area contributed by atoms with Crippen LogP contribution in [0.1, 0.15) is 11.1 Å². The summed E-state index contributed by atoms with van der Waals surface area (Å²) in [6.45, 7) is 6.03. The van der Waals surface area contributed by atoms with Crippen LogP contribution in [0, 0.1) is 6.92 Å². The van der Waals surface area contributed by atoms with Gasteiger partial charge >= 0.3 is 0 Å². The fraction of sp³-hybridized carbons (Fsp3) is 0.0182. The molecule has 276 valence electrons. The number of furan rings is 1. The first-order valence-corrected chi connectivity index (χ1v) is 21.9. The van der Waals surface area contributed by atoms with Crippen molar-refractivity contribution in [2.45, 2.75) is 6.92 Å². The molecule has 0 aliphatic carbocycles. The maximum absolute atomic E-state index is 6.79. The summed E-state index contributed by atoms with van der Waals surface area (Å²) in [5.74, 6) is 0. The molecule has 0 unspecified atom stereocenters. The molecule has 0 spiro atoms. The highest BCUT2D eigenvalue weighted by Crippen LogP contribution is 2.44. The number of rotatable bonds is 9. The molecule has 0 saturated heterocycles. The molecule has 0 N–H and O–H groups in total. The van der Waals surface area contributed by atoms with E-state index in [1.807, 2.05) is 12.2 Å². The Morgan fingerprint density at radius 1 is 0.483 bits per heavy atom. The van der Waals surface area contributed by atoms with E-state index in [1.54, 1.807) is 0 Å². The predicted molar refractivity (Wildman–Crippen MR) is 251 cm³/mol. The summed E-state index contributed by atoms with van der Waals surface area (Å²) < 4.78 is 6.79. The first-order valence-electron chi connectivity index (χ1n) is 19.9. The number of nitrogens with zero attached hydrogens (tertiary/aromatic N) is 1. The highest BCUT2D eigenvalue weighted by Gasteiger charge is 2.41. The fourth-order valence-corrected chi connectivity index (χ4v) is 13.8. The van der Waals surface area contributed by atoms with Crippen molar-refractivity contribution in [3.8, 4) is 0 Å². The Kier molecular flexibility index (Phi) is 8.93. The van der Waals surface area contributed by atoms with E-state index >= 15 is 0 Å². The Bertz CT molecular complexity index is 3030. The molecular weight excluding hydrogens is 719 g/mol. The molecule has 10 aromatic rings. The van der Waals surface area contributed by atoms with Gasteiger partial charge in [0.15, 0.2) is 8.07 Å². The molecule has 0 radical (unpaired) electrons. The van der Waals surface area contributed by atoms with Crippen LogP contribution in [-0.4, -0.2) is 8.07 Å². The lowest BCUT2D eigenvalue weighted by molar-refractivity contribution is 0.667. The highest BCUT2D eigenvalue weighted by atomic mass is 28.3. The zero-order chi connectivity index (χ0) is 39.1. The summed E-state index contributed by atoms with van der Waals surface area (Å²) >= 11 is 0. The van der Waals surface area contributed by atoms with Crippen LogP contribution >= 0.6 is 0 Å². The largest absolute Gasteiger partial charge is 0.455 e. The van der Waals surface area contributed by atoms with Crippen molar-refractivity contribution in [2.24, 2.45) is 0 Å². The second-order valence-electron chi connectivity index (χ2n) is 14.9. The maximum Gasteiger partial charge on any atom is 0.179 e. The van der Waals surface area contributed by atoms with Gasteiger partial charge in [0, 0.05) is 39.2 Å².